The fourth-order valence-corrected chi connectivity index (χ4v) is 4.50. The molecule has 9 heteroatoms. The Hall–Kier alpha value is -3.04. The Kier molecular flexibility index (Phi) is 5.52. The summed E-state index contributed by atoms with van der Waals surface area (Å²) in [6.45, 7) is 3.49. The van der Waals surface area contributed by atoms with Crippen LogP contribution in [0.15, 0.2) is 50.1 Å². The van der Waals surface area contributed by atoms with Crippen LogP contribution in [-0.2, 0) is 6.54 Å². The summed E-state index contributed by atoms with van der Waals surface area (Å²) in [5.41, 5.74) is 0.822. The Morgan fingerprint density at radius 1 is 1.06 bits per heavy atom. The normalized spacial score (nSPS) is 15.9. The first-order valence-corrected chi connectivity index (χ1v) is 11.0. The molecule has 0 atom stereocenters. The molecule has 0 unspecified atom stereocenters. The number of hydrogen-bond donors (Lipinski definition) is 0. The van der Waals surface area contributed by atoms with Crippen molar-refractivity contribution in [2.75, 3.05) is 40.1 Å². The highest BCUT2D eigenvalue weighted by atomic mass is 79.9. The van der Waals surface area contributed by atoms with Crippen molar-refractivity contribution < 1.29 is 23.4 Å². The Labute approximate surface area is 192 Å². The number of rotatable bonds is 4. The summed E-state index contributed by atoms with van der Waals surface area (Å²) >= 11 is 3.42. The van der Waals surface area contributed by atoms with E-state index in [-0.39, 0.29) is 18.3 Å². The Morgan fingerprint density at radius 2 is 1.84 bits per heavy atom. The molecule has 0 saturated carbocycles. The molecule has 8 nitrogen and oxygen atoms in total. The van der Waals surface area contributed by atoms with Crippen molar-refractivity contribution in [3.8, 4) is 17.2 Å². The van der Waals surface area contributed by atoms with Gasteiger partial charge in [0.15, 0.2) is 22.8 Å². The molecule has 3 aromatic rings. The van der Waals surface area contributed by atoms with Crippen molar-refractivity contribution in [2.24, 2.45) is 0 Å². The van der Waals surface area contributed by atoms with Crippen LogP contribution >= 0.6 is 15.9 Å². The minimum Gasteiger partial charge on any atom is -0.493 e. The van der Waals surface area contributed by atoms with Gasteiger partial charge in [-0.25, -0.2) is 4.79 Å². The molecule has 1 amide bonds. The van der Waals surface area contributed by atoms with Crippen molar-refractivity contribution in [3.63, 3.8) is 0 Å². The van der Waals surface area contributed by atoms with Gasteiger partial charge in [0.2, 0.25) is 6.79 Å². The van der Waals surface area contributed by atoms with E-state index >= 15 is 0 Å². The van der Waals surface area contributed by atoms with E-state index in [9.17, 15) is 9.59 Å². The molecule has 1 fully saturated rings. The van der Waals surface area contributed by atoms with Crippen LogP contribution < -0.4 is 19.8 Å². The van der Waals surface area contributed by atoms with E-state index in [1.807, 2.05) is 18.2 Å². The molecule has 0 radical (unpaired) electrons. The summed E-state index contributed by atoms with van der Waals surface area (Å²) in [6.07, 6.45) is 0. The lowest BCUT2D eigenvalue weighted by atomic mass is 10.1. The molecular formula is C23H21BrN2O6. The first-order chi connectivity index (χ1) is 15.5. The van der Waals surface area contributed by atoms with Crippen LogP contribution in [0.1, 0.15) is 15.9 Å². The third-order valence-electron chi connectivity index (χ3n) is 5.72. The van der Waals surface area contributed by atoms with Gasteiger partial charge in [-0.1, -0.05) is 22.0 Å². The first-order valence-electron chi connectivity index (χ1n) is 10.2. The molecule has 32 heavy (non-hydrogen) atoms. The van der Waals surface area contributed by atoms with Gasteiger partial charge in [0, 0.05) is 42.6 Å². The zero-order chi connectivity index (χ0) is 22.2. The van der Waals surface area contributed by atoms with Gasteiger partial charge in [0.25, 0.3) is 5.91 Å². The third-order valence-corrected chi connectivity index (χ3v) is 6.17. The van der Waals surface area contributed by atoms with E-state index in [0.717, 1.165) is 28.1 Å². The SMILES string of the molecule is COc1cc(Br)cc2cc(C(=O)N3CCN(Cc4ccc5c(c4)OCO5)CC3)c(=O)oc12. The molecular weight excluding hydrogens is 480 g/mol. The van der Waals surface area contributed by atoms with Gasteiger partial charge in [0.1, 0.15) is 5.56 Å². The number of halogens is 1. The second-order valence-electron chi connectivity index (χ2n) is 7.73. The molecule has 2 aromatic carbocycles. The van der Waals surface area contributed by atoms with Gasteiger partial charge in [-0.3, -0.25) is 9.69 Å². The van der Waals surface area contributed by atoms with Crippen molar-refractivity contribution in [3.05, 3.63) is 62.4 Å². The average Bonchev–Trinajstić information content (AvgIpc) is 3.26. The number of nitrogens with zero attached hydrogens (tertiary/aromatic N) is 2. The molecule has 0 bridgehead atoms. The number of carbonyl (C=O) groups is 1. The molecule has 0 N–H and O–H groups in total. The number of piperazine rings is 1. The zero-order valence-electron chi connectivity index (χ0n) is 17.4. The Bertz CT molecular complexity index is 1250. The lowest BCUT2D eigenvalue weighted by molar-refractivity contribution is 0.0624. The van der Waals surface area contributed by atoms with E-state index in [1.165, 1.54) is 7.11 Å². The molecule has 166 valence electrons. The van der Waals surface area contributed by atoms with Gasteiger partial charge in [-0.15, -0.1) is 0 Å². The van der Waals surface area contributed by atoms with Gasteiger partial charge in [0.05, 0.1) is 7.11 Å². The fraction of sp³-hybridized carbons (Fsp3) is 0.304. The third kappa shape index (κ3) is 3.93. The van der Waals surface area contributed by atoms with E-state index in [2.05, 4.69) is 20.8 Å². The predicted molar refractivity (Wildman–Crippen MR) is 120 cm³/mol. The molecule has 5 rings (SSSR count). The van der Waals surface area contributed by atoms with Gasteiger partial charge in [-0.05, 0) is 35.9 Å². The smallest absolute Gasteiger partial charge is 0.349 e. The van der Waals surface area contributed by atoms with Gasteiger partial charge in [-0.2, -0.15) is 0 Å². The molecule has 1 saturated heterocycles. The average molecular weight is 501 g/mol. The number of amides is 1. The predicted octanol–water partition coefficient (Wildman–Crippen LogP) is 3.25. The summed E-state index contributed by atoms with van der Waals surface area (Å²) in [7, 11) is 1.50. The van der Waals surface area contributed by atoms with E-state index in [1.54, 1.807) is 23.1 Å². The molecule has 0 aliphatic carbocycles. The molecule has 1 aromatic heterocycles. The lowest BCUT2D eigenvalue weighted by Crippen LogP contribution is -2.49. The van der Waals surface area contributed by atoms with E-state index < -0.39 is 5.63 Å². The number of benzene rings is 2. The fourth-order valence-electron chi connectivity index (χ4n) is 4.04. The number of methoxy groups -OCH3 is 1. The molecule has 2 aliphatic heterocycles. The lowest BCUT2D eigenvalue weighted by Gasteiger charge is -2.34. The minimum absolute atomic E-state index is 0.0295. The topological polar surface area (TPSA) is 81.5 Å². The number of carbonyl (C=O) groups excluding carboxylic acids is 1. The van der Waals surface area contributed by atoms with Crippen molar-refractivity contribution in [2.45, 2.75) is 6.54 Å². The summed E-state index contributed by atoms with van der Waals surface area (Å²) in [4.78, 5) is 29.6. The monoisotopic (exact) mass is 500 g/mol. The van der Waals surface area contributed by atoms with Crippen LogP contribution in [0.4, 0.5) is 0 Å². The second-order valence-corrected chi connectivity index (χ2v) is 8.65. The molecule has 3 heterocycles. The van der Waals surface area contributed by atoms with Crippen LogP contribution in [0.25, 0.3) is 11.0 Å². The standard InChI is InChI=1S/C23H21BrN2O6/c1-29-20-11-16(24)9-15-10-17(23(28)32-21(15)20)22(27)26-6-4-25(5-7-26)12-14-2-3-18-19(8-14)31-13-30-18/h2-3,8-11H,4-7,12-13H2,1H3. The van der Waals surface area contributed by atoms with E-state index in [4.69, 9.17) is 18.6 Å². The summed E-state index contributed by atoms with van der Waals surface area (Å²) < 4.78 is 22.3. The second kappa shape index (κ2) is 8.48. The van der Waals surface area contributed by atoms with Gasteiger partial charge < -0.3 is 23.5 Å². The van der Waals surface area contributed by atoms with Crippen LogP contribution in [0.2, 0.25) is 0 Å². The largest absolute Gasteiger partial charge is 0.493 e. The summed E-state index contributed by atoms with van der Waals surface area (Å²) in [6, 6.07) is 11.0. The quantitative estimate of drug-likeness (QED) is 0.508. The Morgan fingerprint density at radius 3 is 2.62 bits per heavy atom. The maximum absolute atomic E-state index is 13.1. The summed E-state index contributed by atoms with van der Waals surface area (Å²) in [5, 5.41) is 0.626. The zero-order valence-corrected chi connectivity index (χ0v) is 19.0. The van der Waals surface area contributed by atoms with Crippen LogP contribution in [0, 0.1) is 0 Å². The highest BCUT2D eigenvalue weighted by Crippen LogP contribution is 2.33. The number of ether oxygens (including phenoxy) is 3. The highest BCUT2D eigenvalue weighted by Gasteiger charge is 2.26. The van der Waals surface area contributed by atoms with Gasteiger partial charge >= 0.3 is 5.63 Å². The van der Waals surface area contributed by atoms with Crippen molar-refractivity contribution >= 4 is 32.8 Å². The molecule has 2 aliphatic rings. The minimum atomic E-state index is -0.661. The van der Waals surface area contributed by atoms with E-state index in [0.29, 0.717) is 42.9 Å². The highest BCUT2D eigenvalue weighted by molar-refractivity contribution is 9.10. The molecule has 0 spiro atoms. The maximum Gasteiger partial charge on any atom is 0.349 e. The maximum atomic E-state index is 13.1. The Balaban J connectivity index is 1.28. The first kappa shape index (κ1) is 20.8. The summed E-state index contributed by atoms with van der Waals surface area (Å²) in [5.74, 6) is 1.65. The number of fused-ring (bicyclic) bond motifs is 2. The van der Waals surface area contributed by atoms with Crippen LogP contribution in [0.3, 0.4) is 0 Å². The van der Waals surface area contributed by atoms with Crippen LogP contribution in [-0.4, -0.2) is 55.8 Å². The van der Waals surface area contributed by atoms with Crippen molar-refractivity contribution in [1.82, 2.24) is 9.80 Å². The van der Waals surface area contributed by atoms with Crippen molar-refractivity contribution in [1.29, 1.82) is 0 Å². The number of hydrogen-bond acceptors (Lipinski definition) is 7. The van der Waals surface area contributed by atoms with Crippen LogP contribution in [0.5, 0.6) is 17.2 Å².